The highest BCUT2D eigenvalue weighted by Crippen LogP contribution is 2.33. The van der Waals surface area contributed by atoms with E-state index in [1.807, 2.05) is 6.07 Å². The summed E-state index contributed by atoms with van der Waals surface area (Å²) in [7, 11) is 1.44. The Morgan fingerprint density at radius 3 is 2.56 bits per heavy atom. The number of rotatable bonds is 3. The third kappa shape index (κ3) is 2.11. The standard InChI is InChI=1S/C11H12N2O3/c1-11(2,7-12)9-5-4-8(16-3)6-10(9)13(14)15/h4-6H,1-3H3. The Morgan fingerprint density at radius 1 is 1.50 bits per heavy atom. The van der Waals surface area contributed by atoms with E-state index in [4.69, 9.17) is 10.00 Å². The minimum atomic E-state index is -0.894. The molecule has 0 aromatic heterocycles. The van der Waals surface area contributed by atoms with Crippen molar-refractivity contribution in [3.8, 4) is 11.8 Å². The lowest BCUT2D eigenvalue weighted by molar-refractivity contribution is -0.385. The van der Waals surface area contributed by atoms with Gasteiger partial charge in [0.05, 0.1) is 29.6 Å². The molecule has 0 atom stereocenters. The highest BCUT2D eigenvalue weighted by molar-refractivity contribution is 5.51. The Hall–Kier alpha value is -2.09. The van der Waals surface area contributed by atoms with Gasteiger partial charge in [0, 0.05) is 5.56 Å². The molecule has 84 valence electrons. The van der Waals surface area contributed by atoms with Crippen LogP contribution in [0.5, 0.6) is 5.75 Å². The lowest BCUT2D eigenvalue weighted by atomic mass is 9.85. The number of nitriles is 1. The second-order valence-corrected chi connectivity index (χ2v) is 3.88. The Kier molecular flexibility index (Phi) is 3.14. The number of nitro benzene ring substituents is 1. The number of hydrogen-bond acceptors (Lipinski definition) is 4. The van der Waals surface area contributed by atoms with Crippen molar-refractivity contribution in [1.29, 1.82) is 5.26 Å². The van der Waals surface area contributed by atoms with E-state index in [1.165, 1.54) is 13.2 Å². The molecule has 0 saturated carbocycles. The number of nitrogens with zero attached hydrogens (tertiary/aromatic N) is 2. The molecule has 0 bridgehead atoms. The Labute approximate surface area is 93.4 Å². The highest BCUT2D eigenvalue weighted by Gasteiger charge is 2.29. The van der Waals surface area contributed by atoms with Crippen molar-refractivity contribution >= 4 is 5.69 Å². The van der Waals surface area contributed by atoms with Gasteiger partial charge in [-0.15, -0.1) is 0 Å². The topological polar surface area (TPSA) is 76.2 Å². The molecule has 5 heteroatoms. The number of methoxy groups -OCH3 is 1. The first-order valence-electron chi connectivity index (χ1n) is 4.66. The maximum Gasteiger partial charge on any atom is 0.277 e. The van der Waals surface area contributed by atoms with Crippen LogP contribution in [0.2, 0.25) is 0 Å². The van der Waals surface area contributed by atoms with E-state index in [0.29, 0.717) is 11.3 Å². The maximum atomic E-state index is 10.9. The van der Waals surface area contributed by atoms with Gasteiger partial charge < -0.3 is 4.74 Å². The lowest BCUT2D eigenvalue weighted by Gasteiger charge is -2.16. The molecule has 1 aromatic carbocycles. The Bertz CT molecular complexity index is 461. The highest BCUT2D eigenvalue weighted by atomic mass is 16.6. The van der Waals surface area contributed by atoms with Crippen molar-refractivity contribution in [2.75, 3.05) is 7.11 Å². The number of benzene rings is 1. The van der Waals surface area contributed by atoms with Crippen molar-refractivity contribution in [2.24, 2.45) is 0 Å². The summed E-state index contributed by atoms with van der Waals surface area (Å²) in [5, 5.41) is 19.9. The van der Waals surface area contributed by atoms with Crippen LogP contribution in [-0.2, 0) is 5.41 Å². The summed E-state index contributed by atoms with van der Waals surface area (Å²) < 4.78 is 4.92. The van der Waals surface area contributed by atoms with Gasteiger partial charge in [0.15, 0.2) is 0 Å². The number of hydrogen-bond donors (Lipinski definition) is 0. The van der Waals surface area contributed by atoms with Gasteiger partial charge in [-0.2, -0.15) is 5.26 Å². The zero-order valence-electron chi connectivity index (χ0n) is 9.35. The SMILES string of the molecule is COc1ccc(C(C)(C)C#N)c([N+](=O)[O-])c1. The van der Waals surface area contributed by atoms with Crippen LogP contribution in [-0.4, -0.2) is 12.0 Å². The van der Waals surface area contributed by atoms with E-state index in [1.54, 1.807) is 26.0 Å². The first-order valence-corrected chi connectivity index (χ1v) is 4.66. The Morgan fingerprint density at radius 2 is 2.12 bits per heavy atom. The summed E-state index contributed by atoms with van der Waals surface area (Å²) in [5.74, 6) is 0.407. The summed E-state index contributed by atoms with van der Waals surface area (Å²) >= 11 is 0. The number of ether oxygens (including phenoxy) is 1. The molecule has 0 heterocycles. The fourth-order valence-corrected chi connectivity index (χ4v) is 1.38. The van der Waals surface area contributed by atoms with Crippen molar-refractivity contribution in [1.82, 2.24) is 0 Å². The normalized spacial score (nSPS) is 10.6. The molecule has 0 aliphatic rings. The molecule has 1 aromatic rings. The Balaban J connectivity index is 3.41. The van der Waals surface area contributed by atoms with Gasteiger partial charge in [-0.3, -0.25) is 10.1 Å². The van der Waals surface area contributed by atoms with Crippen molar-refractivity contribution < 1.29 is 9.66 Å². The van der Waals surface area contributed by atoms with Crippen LogP contribution in [0, 0.1) is 21.4 Å². The van der Waals surface area contributed by atoms with E-state index in [-0.39, 0.29) is 5.69 Å². The van der Waals surface area contributed by atoms with E-state index < -0.39 is 10.3 Å². The molecule has 16 heavy (non-hydrogen) atoms. The second kappa shape index (κ2) is 4.19. The van der Waals surface area contributed by atoms with E-state index in [2.05, 4.69) is 0 Å². The largest absolute Gasteiger partial charge is 0.497 e. The molecule has 1 rings (SSSR count). The van der Waals surface area contributed by atoms with E-state index in [9.17, 15) is 10.1 Å². The van der Waals surface area contributed by atoms with E-state index in [0.717, 1.165) is 0 Å². The van der Waals surface area contributed by atoms with Crippen molar-refractivity contribution in [3.63, 3.8) is 0 Å². The predicted molar refractivity (Wildman–Crippen MR) is 58.3 cm³/mol. The minimum Gasteiger partial charge on any atom is -0.497 e. The van der Waals surface area contributed by atoms with Gasteiger partial charge >= 0.3 is 0 Å². The summed E-state index contributed by atoms with van der Waals surface area (Å²) in [6, 6.07) is 6.54. The van der Waals surface area contributed by atoms with Gasteiger partial charge in [0.2, 0.25) is 0 Å². The predicted octanol–water partition coefficient (Wildman–Crippen LogP) is 2.40. The average Bonchev–Trinajstić information content (AvgIpc) is 2.28. The first-order chi connectivity index (χ1) is 7.42. The van der Waals surface area contributed by atoms with Crippen LogP contribution < -0.4 is 4.74 Å². The average molecular weight is 220 g/mol. The molecule has 0 amide bonds. The molecular weight excluding hydrogens is 208 g/mol. The molecule has 0 fully saturated rings. The summed E-state index contributed by atoms with van der Waals surface area (Å²) in [6.07, 6.45) is 0. The fourth-order valence-electron chi connectivity index (χ4n) is 1.38. The fraction of sp³-hybridized carbons (Fsp3) is 0.364. The number of nitro groups is 1. The first kappa shape index (κ1) is 12.0. The molecule has 0 aliphatic carbocycles. The zero-order chi connectivity index (χ0) is 12.3. The third-order valence-corrected chi connectivity index (χ3v) is 2.35. The molecule has 0 unspecified atom stereocenters. The van der Waals surface area contributed by atoms with Crippen LogP contribution in [0.15, 0.2) is 18.2 Å². The van der Waals surface area contributed by atoms with Crippen LogP contribution >= 0.6 is 0 Å². The lowest BCUT2D eigenvalue weighted by Crippen LogP contribution is -2.16. The third-order valence-electron chi connectivity index (χ3n) is 2.35. The molecule has 0 aliphatic heterocycles. The molecular formula is C11H12N2O3. The summed E-state index contributed by atoms with van der Waals surface area (Å²) in [6.45, 7) is 3.28. The van der Waals surface area contributed by atoms with Crippen LogP contribution in [0.3, 0.4) is 0 Å². The molecule has 0 spiro atoms. The summed E-state index contributed by atoms with van der Waals surface area (Å²) in [5.41, 5.74) is -0.596. The van der Waals surface area contributed by atoms with Gasteiger partial charge in [-0.05, 0) is 26.0 Å². The zero-order valence-corrected chi connectivity index (χ0v) is 9.35. The van der Waals surface area contributed by atoms with Crippen molar-refractivity contribution in [3.05, 3.63) is 33.9 Å². The van der Waals surface area contributed by atoms with E-state index >= 15 is 0 Å². The van der Waals surface area contributed by atoms with Gasteiger partial charge in [0.25, 0.3) is 5.69 Å². The smallest absolute Gasteiger partial charge is 0.277 e. The van der Waals surface area contributed by atoms with Gasteiger partial charge in [-0.1, -0.05) is 0 Å². The molecule has 0 saturated heterocycles. The van der Waals surface area contributed by atoms with Crippen molar-refractivity contribution in [2.45, 2.75) is 19.3 Å². The second-order valence-electron chi connectivity index (χ2n) is 3.88. The minimum absolute atomic E-state index is 0.0918. The summed E-state index contributed by atoms with van der Waals surface area (Å²) in [4.78, 5) is 10.4. The van der Waals surface area contributed by atoms with Crippen LogP contribution in [0.25, 0.3) is 0 Å². The maximum absolute atomic E-state index is 10.9. The van der Waals surface area contributed by atoms with Crippen LogP contribution in [0.4, 0.5) is 5.69 Å². The molecule has 0 N–H and O–H groups in total. The van der Waals surface area contributed by atoms with Crippen LogP contribution in [0.1, 0.15) is 19.4 Å². The van der Waals surface area contributed by atoms with Gasteiger partial charge in [-0.25, -0.2) is 0 Å². The molecule has 0 radical (unpaired) electrons. The quantitative estimate of drug-likeness (QED) is 0.579. The monoisotopic (exact) mass is 220 g/mol. The van der Waals surface area contributed by atoms with Gasteiger partial charge in [0.1, 0.15) is 5.75 Å². The molecule has 5 nitrogen and oxygen atoms in total.